The summed E-state index contributed by atoms with van der Waals surface area (Å²) in [4.78, 5) is 17.6. The molecule has 0 bridgehead atoms. The lowest BCUT2D eigenvalue weighted by Gasteiger charge is -2.11. The van der Waals surface area contributed by atoms with Crippen LogP contribution in [-0.4, -0.2) is 39.4 Å². The van der Waals surface area contributed by atoms with E-state index in [-0.39, 0.29) is 17.6 Å². The van der Waals surface area contributed by atoms with Gasteiger partial charge in [-0.05, 0) is 49.2 Å². The van der Waals surface area contributed by atoms with Crippen molar-refractivity contribution in [3.8, 4) is 11.5 Å². The van der Waals surface area contributed by atoms with Crippen LogP contribution in [0.15, 0.2) is 51.9 Å². The molecule has 1 atom stereocenters. The third-order valence-corrected chi connectivity index (χ3v) is 5.31. The SMILES string of the molecule is COc1ccc(N=c2oc3ccc(Cl)cc3cc2C(=O)NCC2CCCO2)c(OC)c1. The summed E-state index contributed by atoms with van der Waals surface area (Å²) in [5, 5.41) is 4.18. The first-order chi connectivity index (χ1) is 15.1. The average Bonchev–Trinajstić information content (AvgIpc) is 3.31. The standard InChI is InChI=1S/C23H23ClN2O5/c1-28-16-6-7-19(21(12-16)29-2)26-23-18(22(27)25-13-17-4-3-9-30-17)11-14-10-15(24)5-8-20(14)31-23/h5-8,10-12,17H,3-4,9,13H2,1-2H3,(H,25,27). The van der Waals surface area contributed by atoms with Crippen molar-refractivity contribution in [2.45, 2.75) is 18.9 Å². The van der Waals surface area contributed by atoms with Gasteiger partial charge in [0.15, 0.2) is 0 Å². The second-order valence-electron chi connectivity index (χ2n) is 7.14. The second kappa shape index (κ2) is 9.41. The molecule has 0 radical (unpaired) electrons. The van der Waals surface area contributed by atoms with E-state index < -0.39 is 0 Å². The van der Waals surface area contributed by atoms with Crippen molar-refractivity contribution in [3.05, 3.63) is 58.6 Å². The number of hydrogen-bond acceptors (Lipinski definition) is 6. The maximum atomic E-state index is 13.0. The first kappa shape index (κ1) is 21.2. The summed E-state index contributed by atoms with van der Waals surface area (Å²) in [6, 6.07) is 12.2. The van der Waals surface area contributed by atoms with Crippen LogP contribution in [0.5, 0.6) is 11.5 Å². The number of nitrogens with zero attached hydrogens (tertiary/aromatic N) is 1. The third kappa shape index (κ3) is 4.84. The largest absolute Gasteiger partial charge is 0.497 e. The molecule has 162 valence electrons. The number of ether oxygens (including phenoxy) is 3. The van der Waals surface area contributed by atoms with Crippen LogP contribution in [0.2, 0.25) is 5.02 Å². The van der Waals surface area contributed by atoms with Crippen molar-refractivity contribution >= 4 is 34.2 Å². The number of rotatable bonds is 6. The fourth-order valence-corrected chi connectivity index (χ4v) is 3.62. The monoisotopic (exact) mass is 442 g/mol. The molecule has 1 amide bonds. The zero-order chi connectivity index (χ0) is 21.8. The van der Waals surface area contributed by atoms with Gasteiger partial charge in [-0.3, -0.25) is 4.79 Å². The third-order valence-electron chi connectivity index (χ3n) is 5.08. The van der Waals surface area contributed by atoms with Crippen LogP contribution < -0.4 is 20.3 Å². The van der Waals surface area contributed by atoms with E-state index in [1.165, 1.54) is 0 Å². The molecule has 31 heavy (non-hydrogen) atoms. The van der Waals surface area contributed by atoms with Crippen molar-refractivity contribution in [3.63, 3.8) is 0 Å². The van der Waals surface area contributed by atoms with Crippen molar-refractivity contribution in [2.75, 3.05) is 27.4 Å². The topological polar surface area (TPSA) is 82.3 Å². The first-order valence-corrected chi connectivity index (χ1v) is 10.3. The molecule has 1 aliphatic rings. The molecule has 4 rings (SSSR count). The molecule has 2 aromatic carbocycles. The molecule has 0 spiro atoms. The fraction of sp³-hybridized carbons (Fsp3) is 0.304. The minimum absolute atomic E-state index is 0.0258. The highest BCUT2D eigenvalue weighted by Gasteiger charge is 2.19. The van der Waals surface area contributed by atoms with Gasteiger partial charge in [0.1, 0.15) is 28.3 Å². The Morgan fingerprint density at radius 3 is 2.81 bits per heavy atom. The van der Waals surface area contributed by atoms with Crippen LogP contribution in [0, 0.1) is 0 Å². The predicted molar refractivity (Wildman–Crippen MR) is 117 cm³/mol. The molecular weight excluding hydrogens is 420 g/mol. The molecule has 1 aliphatic heterocycles. The van der Waals surface area contributed by atoms with Crippen molar-refractivity contribution in [1.29, 1.82) is 0 Å². The molecular formula is C23H23ClN2O5. The molecule has 1 saturated heterocycles. The molecule has 1 fully saturated rings. The Morgan fingerprint density at radius 1 is 1.19 bits per heavy atom. The van der Waals surface area contributed by atoms with Gasteiger partial charge in [0, 0.05) is 29.6 Å². The van der Waals surface area contributed by atoms with Gasteiger partial charge in [-0.2, -0.15) is 0 Å². The smallest absolute Gasteiger partial charge is 0.256 e. The quantitative estimate of drug-likeness (QED) is 0.617. The zero-order valence-corrected chi connectivity index (χ0v) is 18.1. The van der Waals surface area contributed by atoms with Gasteiger partial charge in [0.05, 0.1) is 20.3 Å². The summed E-state index contributed by atoms with van der Waals surface area (Å²) in [5.41, 5.74) is 1.54. The molecule has 3 aromatic rings. The Labute approximate surface area is 184 Å². The molecule has 7 nitrogen and oxygen atoms in total. The second-order valence-corrected chi connectivity index (χ2v) is 7.58. The summed E-state index contributed by atoms with van der Waals surface area (Å²) in [6.45, 7) is 1.15. The van der Waals surface area contributed by atoms with E-state index in [1.807, 2.05) is 0 Å². The summed E-state index contributed by atoms with van der Waals surface area (Å²) in [5.74, 6) is 0.833. The number of halogens is 1. The maximum absolute atomic E-state index is 13.0. The molecule has 1 aromatic heterocycles. The summed E-state index contributed by atoms with van der Waals surface area (Å²) in [6.07, 6.45) is 1.96. The van der Waals surface area contributed by atoms with Gasteiger partial charge >= 0.3 is 0 Å². The summed E-state index contributed by atoms with van der Waals surface area (Å²) in [7, 11) is 3.12. The number of nitrogens with one attached hydrogen (secondary N) is 1. The van der Waals surface area contributed by atoms with Crippen LogP contribution >= 0.6 is 11.6 Å². The van der Waals surface area contributed by atoms with Gasteiger partial charge in [0.25, 0.3) is 5.91 Å². The Bertz CT molecular complexity index is 1170. The number of carbonyl (C=O) groups is 1. The van der Waals surface area contributed by atoms with Crippen molar-refractivity contribution in [1.82, 2.24) is 5.32 Å². The van der Waals surface area contributed by atoms with E-state index in [9.17, 15) is 4.79 Å². The maximum Gasteiger partial charge on any atom is 0.256 e. The Balaban J connectivity index is 1.78. The van der Waals surface area contributed by atoms with Gasteiger partial charge in [-0.1, -0.05) is 11.6 Å². The highest BCUT2D eigenvalue weighted by Crippen LogP contribution is 2.31. The lowest BCUT2D eigenvalue weighted by Crippen LogP contribution is -2.34. The highest BCUT2D eigenvalue weighted by atomic mass is 35.5. The predicted octanol–water partition coefficient (Wildman–Crippen LogP) is 4.24. The van der Waals surface area contributed by atoms with Gasteiger partial charge in [-0.25, -0.2) is 4.99 Å². The van der Waals surface area contributed by atoms with Crippen molar-refractivity contribution in [2.24, 2.45) is 4.99 Å². The Kier molecular flexibility index (Phi) is 6.44. The van der Waals surface area contributed by atoms with E-state index in [0.29, 0.717) is 45.3 Å². The highest BCUT2D eigenvalue weighted by molar-refractivity contribution is 6.31. The van der Waals surface area contributed by atoms with Crippen molar-refractivity contribution < 1.29 is 23.4 Å². The molecule has 2 heterocycles. The summed E-state index contributed by atoms with van der Waals surface area (Å²) < 4.78 is 22.3. The van der Waals surface area contributed by atoms with Gasteiger partial charge < -0.3 is 23.9 Å². The van der Waals surface area contributed by atoms with E-state index in [1.54, 1.807) is 56.7 Å². The number of carbonyl (C=O) groups excluding carboxylic acids is 1. The van der Waals surface area contributed by atoms with E-state index in [0.717, 1.165) is 19.4 Å². The zero-order valence-electron chi connectivity index (χ0n) is 17.3. The van der Waals surface area contributed by atoms with Crippen LogP contribution in [0.1, 0.15) is 23.2 Å². The fourth-order valence-electron chi connectivity index (χ4n) is 3.44. The Hall–Kier alpha value is -3.03. The lowest BCUT2D eigenvalue weighted by atomic mass is 10.1. The van der Waals surface area contributed by atoms with E-state index >= 15 is 0 Å². The number of fused-ring (bicyclic) bond motifs is 1. The normalized spacial score (nSPS) is 16.5. The first-order valence-electron chi connectivity index (χ1n) is 9.97. The Morgan fingerprint density at radius 2 is 2.06 bits per heavy atom. The molecule has 0 aliphatic carbocycles. The van der Waals surface area contributed by atoms with Gasteiger partial charge in [0.2, 0.25) is 5.55 Å². The molecule has 1 N–H and O–H groups in total. The molecule has 8 heteroatoms. The van der Waals surface area contributed by atoms with Crippen LogP contribution in [0.4, 0.5) is 5.69 Å². The molecule has 0 saturated carbocycles. The van der Waals surface area contributed by atoms with Crippen LogP contribution in [-0.2, 0) is 4.74 Å². The average molecular weight is 443 g/mol. The lowest BCUT2D eigenvalue weighted by molar-refractivity contribution is 0.0854. The summed E-state index contributed by atoms with van der Waals surface area (Å²) >= 11 is 6.12. The molecule has 1 unspecified atom stereocenters. The minimum Gasteiger partial charge on any atom is -0.497 e. The van der Waals surface area contributed by atoms with E-state index in [2.05, 4.69) is 10.3 Å². The van der Waals surface area contributed by atoms with Gasteiger partial charge in [-0.15, -0.1) is 0 Å². The number of benzene rings is 2. The minimum atomic E-state index is -0.299. The number of methoxy groups -OCH3 is 2. The van der Waals surface area contributed by atoms with Crippen LogP contribution in [0.25, 0.3) is 11.0 Å². The number of amides is 1. The van der Waals surface area contributed by atoms with E-state index in [4.69, 9.17) is 30.2 Å². The van der Waals surface area contributed by atoms with Crippen LogP contribution in [0.3, 0.4) is 0 Å². The number of hydrogen-bond donors (Lipinski definition) is 1.